The first-order chi connectivity index (χ1) is 10.1. The van der Waals surface area contributed by atoms with Crippen LogP contribution in [0, 0.1) is 23.7 Å². The number of carbonyl (C=O) groups is 1. The van der Waals surface area contributed by atoms with Gasteiger partial charge in [0.2, 0.25) is 0 Å². The maximum atomic E-state index is 10.8. The number of carbonyl (C=O) groups excluding carboxylic acids is 1. The van der Waals surface area contributed by atoms with Crippen molar-refractivity contribution in [2.24, 2.45) is 0 Å². The summed E-state index contributed by atoms with van der Waals surface area (Å²) in [5.74, 6) is 10.1. The van der Waals surface area contributed by atoms with Gasteiger partial charge in [0.15, 0.2) is 6.10 Å². The summed E-state index contributed by atoms with van der Waals surface area (Å²) in [6, 6.07) is 0. The molecular formula is C18H26O3. The summed E-state index contributed by atoms with van der Waals surface area (Å²) >= 11 is 0. The van der Waals surface area contributed by atoms with Gasteiger partial charge in [-0.3, -0.25) is 4.79 Å². The minimum atomic E-state index is -0.646. The Bertz CT molecular complexity index is 417. The first kappa shape index (κ1) is 19.3. The van der Waals surface area contributed by atoms with Crippen LogP contribution in [0.4, 0.5) is 0 Å². The highest BCUT2D eigenvalue weighted by atomic mass is 16.5. The third-order valence-electron chi connectivity index (χ3n) is 2.85. The molecule has 0 radical (unpaired) electrons. The summed E-state index contributed by atoms with van der Waals surface area (Å²) in [7, 11) is 0. The van der Waals surface area contributed by atoms with Crippen LogP contribution in [0.3, 0.4) is 0 Å². The summed E-state index contributed by atoms with van der Waals surface area (Å²) in [6.45, 7) is 7.03. The molecule has 0 heterocycles. The Morgan fingerprint density at radius 3 is 2.43 bits per heavy atom. The van der Waals surface area contributed by atoms with Crippen molar-refractivity contribution in [2.45, 2.75) is 71.0 Å². The normalized spacial score (nSPS) is 12.1. The van der Waals surface area contributed by atoms with Gasteiger partial charge in [-0.15, -0.1) is 0 Å². The van der Waals surface area contributed by atoms with E-state index in [9.17, 15) is 9.90 Å². The molecule has 0 bridgehead atoms. The molecular weight excluding hydrogens is 264 g/mol. The number of aliphatic hydroxyl groups is 1. The third kappa shape index (κ3) is 13.0. The molecule has 0 aliphatic rings. The lowest BCUT2D eigenvalue weighted by Crippen LogP contribution is -2.10. The third-order valence-corrected chi connectivity index (χ3v) is 2.85. The molecule has 0 aromatic rings. The van der Waals surface area contributed by atoms with E-state index >= 15 is 0 Å². The van der Waals surface area contributed by atoms with Crippen LogP contribution in [0.2, 0.25) is 0 Å². The molecule has 0 fully saturated rings. The molecule has 0 aliphatic carbocycles. The van der Waals surface area contributed by atoms with Crippen molar-refractivity contribution >= 4 is 5.97 Å². The molecule has 21 heavy (non-hydrogen) atoms. The van der Waals surface area contributed by atoms with Crippen LogP contribution in [0.5, 0.6) is 0 Å². The topological polar surface area (TPSA) is 46.5 Å². The van der Waals surface area contributed by atoms with Crippen LogP contribution in [-0.2, 0) is 9.53 Å². The number of esters is 1. The van der Waals surface area contributed by atoms with Crippen LogP contribution >= 0.6 is 0 Å². The minimum Gasteiger partial charge on any atom is -0.445 e. The SMILES string of the molecule is C=C[C@H](C#CC#C[C@@H](O)CCCCCCCC)OC(C)=O. The van der Waals surface area contributed by atoms with Crippen molar-refractivity contribution in [1.82, 2.24) is 0 Å². The van der Waals surface area contributed by atoms with Gasteiger partial charge in [-0.1, -0.05) is 51.5 Å². The summed E-state index contributed by atoms with van der Waals surface area (Å²) in [4.78, 5) is 10.8. The van der Waals surface area contributed by atoms with E-state index < -0.39 is 18.2 Å². The summed E-state index contributed by atoms with van der Waals surface area (Å²) in [6.07, 6.45) is 7.95. The average molecular weight is 290 g/mol. The summed E-state index contributed by atoms with van der Waals surface area (Å²) in [5.41, 5.74) is 0. The van der Waals surface area contributed by atoms with Crippen molar-refractivity contribution in [3.63, 3.8) is 0 Å². The van der Waals surface area contributed by atoms with Gasteiger partial charge in [0.05, 0.1) is 0 Å². The highest BCUT2D eigenvalue weighted by Gasteiger charge is 2.01. The monoisotopic (exact) mass is 290 g/mol. The number of rotatable bonds is 9. The molecule has 0 aliphatic heterocycles. The number of hydrogen-bond acceptors (Lipinski definition) is 3. The zero-order chi connectivity index (χ0) is 15.9. The predicted molar refractivity (Wildman–Crippen MR) is 85.3 cm³/mol. The van der Waals surface area contributed by atoms with Crippen molar-refractivity contribution in [3.8, 4) is 23.7 Å². The molecule has 116 valence electrons. The lowest BCUT2D eigenvalue weighted by molar-refractivity contribution is -0.142. The second-order valence-electron chi connectivity index (χ2n) is 4.88. The lowest BCUT2D eigenvalue weighted by Gasteiger charge is -2.03. The molecule has 2 atom stereocenters. The van der Waals surface area contributed by atoms with E-state index in [2.05, 4.69) is 37.2 Å². The fraction of sp³-hybridized carbons (Fsp3) is 0.611. The van der Waals surface area contributed by atoms with Crippen LogP contribution in [0.1, 0.15) is 58.8 Å². The summed E-state index contributed by atoms with van der Waals surface area (Å²) < 4.78 is 4.86. The Balaban J connectivity index is 3.93. The highest BCUT2D eigenvalue weighted by molar-refractivity contribution is 5.66. The maximum absolute atomic E-state index is 10.8. The Kier molecular flexibility index (Phi) is 12.2. The van der Waals surface area contributed by atoms with Gasteiger partial charge in [-0.2, -0.15) is 0 Å². The number of unbranched alkanes of at least 4 members (excludes halogenated alkanes) is 5. The van der Waals surface area contributed by atoms with E-state index in [1.807, 2.05) is 0 Å². The maximum Gasteiger partial charge on any atom is 0.304 e. The molecule has 0 aromatic carbocycles. The second kappa shape index (κ2) is 13.3. The van der Waals surface area contributed by atoms with Gasteiger partial charge in [0.25, 0.3) is 0 Å². The smallest absolute Gasteiger partial charge is 0.304 e. The van der Waals surface area contributed by atoms with Crippen LogP contribution in [-0.4, -0.2) is 23.3 Å². The van der Waals surface area contributed by atoms with E-state index in [0.717, 1.165) is 12.8 Å². The molecule has 0 spiro atoms. The minimum absolute atomic E-state index is 0.412. The summed E-state index contributed by atoms with van der Waals surface area (Å²) in [5, 5.41) is 9.67. The number of hydrogen-bond donors (Lipinski definition) is 1. The average Bonchev–Trinajstić information content (AvgIpc) is 2.45. The Labute approximate surface area is 128 Å². The van der Waals surface area contributed by atoms with Crippen molar-refractivity contribution in [2.75, 3.05) is 0 Å². The van der Waals surface area contributed by atoms with Crippen LogP contribution < -0.4 is 0 Å². The van der Waals surface area contributed by atoms with E-state index in [4.69, 9.17) is 4.74 Å². The van der Waals surface area contributed by atoms with Gasteiger partial charge in [-0.05, 0) is 36.7 Å². The molecule has 1 N–H and O–H groups in total. The van der Waals surface area contributed by atoms with E-state index in [1.165, 1.54) is 38.7 Å². The fourth-order valence-corrected chi connectivity index (χ4v) is 1.73. The van der Waals surface area contributed by atoms with Crippen LogP contribution in [0.25, 0.3) is 0 Å². The molecule has 0 saturated heterocycles. The fourth-order valence-electron chi connectivity index (χ4n) is 1.73. The number of aliphatic hydroxyl groups excluding tert-OH is 1. The Morgan fingerprint density at radius 1 is 1.19 bits per heavy atom. The van der Waals surface area contributed by atoms with Gasteiger partial charge in [0, 0.05) is 6.92 Å². The van der Waals surface area contributed by atoms with Gasteiger partial charge in [0.1, 0.15) is 6.10 Å². The molecule has 3 nitrogen and oxygen atoms in total. The number of ether oxygens (including phenoxy) is 1. The van der Waals surface area contributed by atoms with E-state index in [0.29, 0.717) is 6.42 Å². The Morgan fingerprint density at radius 2 is 1.81 bits per heavy atom. The zero-order valence-corrected chi connectivity index (χ0v) is 13.2. The van der Waals surface area contributed by atoms with Crippen molar-refractivity contribution in [1.29, 1.82) is 0 Å². The first-order valence-corrected chi connectivity index (χ1v) is 7.59. The standard InChI is InChI=1S/C18H26O3/c1-4-6-7-8-9-10-13-17(20)14-11-12-15-18(5-2)21-16(3)19/h5,17-18,20H,2,4,6-10,13H2,1,3H3/t17-,18+/m0/s1. The van der Waals surface area contributed by atoms with Gasteiger partial charge >= 0.3 is 5.97 Å². The van der Waals surface area contributed by atoms with Crippen molar-refractivity contribution < 1.29 is 14.6 Å². The molecule has 0 saturated carbocycles. The molecule has 0 aromatic heterocycles. The molecule has 0 amide bonds. The van der Waals surface area contributed by atoms with Gasteiger partial charge in [-0.25, -0.2) is 0 Å². The predicted octanol–water partition coefficient (Wildman–Crippen LogP) is 3.22. The first-order valence-electron chi connectivity index (χ1n) is 7.59. The molecule has 0 rings (SSSR count). The second-order valence-corrected chi connectivity index (χ2v) is 4.88. The van der Waals surface area contributed by atoms with Crippen molar-refractivity contribution in [3.05, 3.63) is 12.7 Å². The molecule has 0 unspecified atom stereocenters. The van der Waals surface area contributed by atoms with Gasteiger partial charge < -0.3 is 9.84 Å². The van der Waals surface area contributed by atoms with E-state index in [-0.39, 0.29) is 0 Å². The molecule has 3 heteroatoms. The zero-order valence-electron chi connectivity index (χ0n) is 13.2. The van der Waals surface area contributed by atoms with E-state index in [1.54, 1.807) is 0 Å². The lowest BCUT2D eigenvalue weighted by atomic mass is 10.1. The highest BCUT2D eigenvalue weighted by Crippen LogP contribution is 2.08. The Hall–Kier alpha value is -1.71. The van der Waals surface area contributed by atoms with Crippen LogP contribution in [0.15, 0.2) is 12.7 Å². The quantitative estimate of drug-likeness (QED) is 0.307. The largest absolute Gasteiger partial charge is 0.445 e.